The van der Waals surface area contributed by atoms with Crippen molar-refractivity contribution in [3.8, 4) is 5.75 Å². The Hall–Kier alpha value is -1.95. The van der Waals surface area contributed by atoms with Crippen molar-refractivity contribution in [2.75, 3.05) is 5.32 Å². The summed E-state index contributed by atoms with van der Waals surface area (Å²) in [4.78, 5) is 11.9. The number of halogens is 3. The molecule has 0 aliphatic rings. The highest BCUT2D eigenvalue weighted by Gasteiger charge is 2.18. The second-order valence-corrected chi connectivity index (χ2v) is 5.12. The maximum Gasteiger partial charge on any atom is 0.261 e. The molecular weight excluding hydrogens is 332 g/mol. The zero-order chi connectivity index (χ0) is 14.9. The van der Waals surface area contributed by atoms with Crippen LogP contribution in [0.1, 0.15) is 15.9 Å². The van der Waals surface area contributed by atoms with Gasteiger partial charge in [0.05, 0.1) is 0 Å². The third-order valence-electron chi connectivity index (χ3n) is 2.70. The summed E-state index contributed by atoms with van der Waals surface area (Å²) in [7, 11) is 0. The molecule has 2 aromatic carbocycles. The van der Waals surface area contributed by atoms with Gasteiger partial charge in [-0.3, -0.25) is 4.79 Å². The molecule has 2 aromatic rings. The van der Waals surface area contributed by atoms with E-state index in [-0.39, 0.29) is 15.9 Å². The van der Waals surface area contributed by atoms with Crippen molar-refractivity contribution in [2.24, 2.45) is 0 Å². The van der Waals surface area contributed by atoms with Crippen LogP contribution in [0.3, 0.4) is 0 Å². The van der Waals surface area contributed by atoms with Crippen LogP contribution in [0.2, 0.25) is 0 Å². The van der Waals surface area contributed by atoms with Crippen molar-refractivity contribution in [3.63, 3.8) is 0 Å². The number of anilines is 1. The molecule has 20 heavy (non-hydrogen) atoms. The average molecular weight is 342 g/mol. The molecule has 0 aromatic heterocycles. The minimum absolute atomic E-state index is 0.0143. The summed E-state index contributed by atoms with van der Waals surface area (Å²) in [6.07, 6.45) is 0. The molecule has 6 heteroatoms. The molecule has 0 heterocycles. The van der Waals surface area contributed by atoms with E-state index in [1.54, 1.807) is 13.0 Å². The van der Waals surface area contributed by atoms with Crippen LogP contribution in [0.4, 0.5) is 14.5 Å². The summed E-state index contributed by atoms with van der Waals surface area (Å²) >= 11 is 2.94. The standard InChI is InChI=1S/C14H10BrF2NO2/c1-7-2-3-9(6-12(7)19)18-14(20)13-10(16)4-8(15)5-11(13)17/h2-6,19H,1H3,(H,18,20). The fourth-order valence-electron chi connectivity index (χ4n) is 1.64. The summed E-state index contributed by atoms with van der Waals surface area (Å²) in [6.45, 7) is 1.69. The van der Waals surface area contributed by atoms with Gasteiger partial charge in [0.15, 0.2) is 0 Å². The maximum atomic E-state index is 13.6. The zero-order valence-corrected chi connectivity index (χ0v) is 12.0. The van der Waals surface area contributed by atoms with Gasteiger partial charge in [-0.1, -0.05) is 22.0 Å². The van der Waals surface area contributed by atoms with Crippen LogP contribution in [-0.2, 0) is 0 Å². The van der Waals surface area contributed by atoms with E-state index in [0.29, 0.717) is 5.56 Å². The van der Waals surface area contributed by atoms with E-state index >= 15 is 0 Å². The minimum Gasteiger partial charge on any atom is -0.508 e. The van der Waals surface area contributed by atoms with Gasteiger partial charge in [0.1, 0.15) is 22.9 Å². The third-order valence-corrected chi connectivity index (χ3v) is 3.16. The van der Waals surface area contributed by atoms with Crippen LogP contribution < -0.4 is 5.32 Å². The predicted molar refractivity (Wildman–Crippen MR) is 74.9 cm³/mol. The number of hydrogen-bond acceptors (Lipinski definition) is 2. The minimum atomic E-state index is -0.967. The van der Waals surface area contributed by atoms with Crippen molar-refractivity contribution in [2.45, 2.75) is 6.92 Å². The number of carbonyl (C=O) groups excluding carboxylic acids is 1. The summed E-state index contributed by atoms with van der Waals surface area (Å²) in [6, 6.07) is 6.43. The topological polar surface area (TPSA) is 49.3 Å². The molecule has 0 saturated heterocycles. The molecule has 0 bridgehead atoms. The van der Waals surface area contributed by atoms with E-state index in [1.807, 2.05) is 0 Å². The van der Waals surface area contributed by atoms with Gasteiger partial charge < -0.3 is 10.4 Å². The molecule has 2 rings (SSSR count). The Balaban J connectivity index is 2.31. The normalized spacial score (nSPS) is 10.4. The maximum absolute atomic E-state index is 13.6. The number of aromatic hydroxyl groups is 1. The number of amides is 1. The van der Waals surface area contributed by atoms with Gasteiger partial charge in [0.25, 0.3) is 5.91 Å². The lowest BCUT2D eigenvalue weighted by atomic mass is 10.1. The predicted octanol–water partition coefficient (Wildman–Crippen LogP) is 3.99. The Kier molecular flexibility index (Phi) is 4.04. The van der Waals surface area contributed by atoms with E-state index in [1.165, 1.54) is 12.1 Å². The molecular formula is C14H10BrF2NO2. The molecule has 0 aliphatic carbocycles. The van der Waals surface area contributed by atoms with Crippen molar-refractivity contribution < 1.29 is 18.7 Å². The molecule has 0 radical (unpaired) electrons. The molecule has 0 aliphatic heterocycles. The monoisotopic (exact) mass is 341 g/mol. The van der Waals surface area contributed by atoms with Gasteiger partial charge >= 0.3 is 0 Å². The fraction of sp³-hybridized carbons (Fsp3) is 0.0714. The molecule has 0 fully saturated rings. The molecule has 1 amide bonds. The summed E-state index contributed by atoms with van der Waals surface area (Å²) < 4.78 is 27.5. The highest BCUT2D eigenvalue weighted by atomic mass is 79.9. The third kappa shape index (κ3) is 2.96. The summed E-state index contributed by atoms with van der Waals surface area (Å²) in [5, 5.41) is 11.9. The molecule has 0 saturated carbocycles. The highest BCUT2D eigenvalue weighted by molar-refractivity contribution is 9.10. The SMILES string of the molecule is Cc1ccc(NC(=O)c2c(F)cc(Br)cc2F)cc1O. The molecule has 0 atom stereocenters. The van der Waals surface area contributed by atoms with Gasteiger partial charge in [0, 0.05) is 16.2 Å². The fourth-order valence-corrected chi connectivity index (χ4v) is 2.04. The van der Waals surface area contributed by atoms with Crippen molar-refractivity contribution in [3.05, 3.63) is 57.6 Å². The number of benzene rings is 2. The van der Waals surface area contributed by atoms with Crippen molar-refractivity contribution in [1.82, 2.24) is 0 Å². The summed E-state index contributed by atoms with van der Waals surface area (Å²) in [5.41, 5.74) is 0.206. The first-order valence-corrected chi connectivity index (χ1v) is 6.43. The quantitative estimate of drug-likeness (QED) is 0.867. The first-order valence-electron chi connectivity index (χ1n) is 5.64. The average Bonchev–Trinajstić information content (AvgIpc) is 2.32. The summed E-state index contributed by atoms with van der Waals surface area (Å²) in [5.74, 6) is -2.87. The van der Waals surface area contributed by atoms with Gasteiger partial charge in [-0.15, -0.1) is 0 Å². The van der Waals surface area contributed by atoms with E-state index in [2.05, 4.69) is 21.2 Å². The Morgan fingerprint density at radius 1 is 1.20 bits per heavy atom. The van der Waals surface area contributed by atoms with Crippen LogP contribution >= 0.6 is 15.9 Å². The van der Waals surface area contributed by atoms with E-state index in [4.69, 9.17) is 0 Å². The Labute approximate surface area is 122 Å². The number of nitrogens with one attached hydrogen (secondary N) is 1. The number of phenols is 1. The van der Waals surface area contributed by atoms with Gasteiger partial charge in [-0.2, -0.15) is 0 Å². The molecule has 0 unspecified atom stereocenters. The van der Waals surface area contributed by atoms with Crippen LogP contribution in [0.5, 0.6) is 5.75 Å². The lowest BCUT2D eigenvalue weighted by Gasteiger charge is -2.09. The number of aryl methyl sites for hydroxylation is 1. The Morgan fingerprint density at radius 2 is 1.80 bits per heavy atom. The lowest BCUT2D eigenvalue weighted by molar-refractivity contribution is 0.101. The Bertz CT molecular complexity index is 666. The number of carbonyl (C=O) groups is 1. The van der Waals surface area contributed by atoms with E-state index in [0.717, 1.165) is 12.1 Å². The first kappa shape index (κ1) is 14.5. The zero-order valence-electron chi connectivity index (χ0n) is 10.4. The van der Waals surface area contributed by atoms with Crippen LogP contribution in [0.15, 0.2) is 34.8 Å². The van der Waals surface area contributed by atoms with Gasteiger partial charge in [0.2, 0.25) is 0 Å². The molecule has 0 spiro atoms. The van der Waals surface area contributed by atoms with Crippen molar-refractivity contribution >= 4 is 27.5 Å². The Morgan fingerprint density at radius 3 is 2.35 bits per heavy atom. The number of rotatable bonds is 2. The molecule has 104 valence electrons. The van der Waals surface area contributed by atoms with Crippen LogP contribution in [-0.4, -0.2) is 11.0 Å². The molecule has 2 N–H and O–H groups in total. The van der Waals surface area contributed by atoms with Crippen LogP contribution in [0.25, 0.3) is 0 Å². The molecule has 3 nitrogen and oxygen atoms in total. The van der Waals surface area contributed by atoms with E-state index < -0.39 is 23.1 Å². The van der Waals surface area contributed by atoms with Gasteiger partial charge in [-0.05, 0) is 30.7 Å². The van der Waals surface area contributed by atoms with Gasteiger partial charge in [-0.25, -0.2) is 8.78 Å². The second-order valence-electron chi connectivity index (χ2n) is 4.20. The van der Waals surface area contributed by atoms with E-state index in [9.17, 15) is 18.7 Å². The number of phenolic OH excluding ortho intramolecular Hbond substituents is 1. The highest BCUT2D eigenvalue weighted by Crippen LogP contribution is 2.23. The van der Waals surface area contributed by atoms with Crippen LogP contribution in [0, 0.1) is 18.6 Å². The smallest absolute Gasteiger partial charge is 0.261 e. The second kappa shape index (κ2) is 5.58. The largest absolute Gasteiger partial charge is 0.508 e. The first-order chi connectivity index (χ1) is 9.38. The lowest BCUT2D eigenvalue weighted by Crippen LogP contribution is -2.16. The van der Waals surface area contributed by atoms with Crippen molar-refractivity contribution in [1.29, 1.82) is 0 Å². The number of hydrogen-bond donors (Lipinski definition) is 2.